The molecule has 1 rings (SSSR count). The number of hydrogen-bond donors (Lipinski definition) is 0. The Bertz CT molecular complexity index is 153. The fourth-order valence-electron chi connectivity index (χ4n) is 2.00. The maximum atomic E-state index is 12.3. The van der Waals surface area contributed by atoms with E-state index in [9.17, 15) is 13.2 Å². The largest absolute Gasteiger partial charge is 0.391 e. The van der Waals surface area contributed by atoms with Gasteiger partial charge in [0.2, 0.25) is 0 Å². The van der Waals surface area contributed by atoms with Crippen molar-refractivity contribution in [3.63, 3.8) is 0 Å². The first-order chi connectivity index (χ1) is 6.04. The van der Waals surface area contributed by atoms with Crippen LogP contribution in [0, 0.1) is 11.8 Å². The van der Waals surface area contributed by atoms with Crippen LogP contribution in [-0.2, 0) is 0 Å². The Morgan fingerprint density at radius 2 is 1.92 bits per heavy atom. The van der Waals surface area contributed by atoms with Gasteiger partial charge in [0.05, 0.1) is 5.92 Å². The molecule has 13 heavy (non-hydrogen) atoms. The molecule has 0 aromatic carbocycles. The van der Waals surface area contributed by atoms with Crippen molar-refractivity contribution >= 4 is 15.9 Å². The monoisotopic (exact) mass is 258 g/mol. The lowest BCUT2D eigenvalue weighted by atomic mass is 9.80. The molecule has 4 heteroatoms. The van der Waals surface area contributed by atoms with Crippen LogP contribution in [0.15, 0.2) is 0 Å². The highest BCUT2D eigenvalue weighted by molar-refractivity contribution is 9.09. The molecule has 78 valence electrons. The first-order valence-corrected chi connectivity index (χ1v) is 5.79. The van der Waals surface area contributed by atoms with Crippen LogP contribution in [0.3, 0.4) is 0 Å². The molecule has 0 N–H and O–H groups in total. The van der Waals surface area contributed by atoms with Gasteiger partial charge in [0.1, 0.15) is 0 Å². The van der Waals surface area contributed by atoms with E-state index in [4.69, 9.17) is 0 Å². The smallest absolute Gasteiger partial charge is 0.171 e. The lowest BCUT2D eigenvalue weighted by molar-refractivity contribution is -0.185. The minimum absolute atomic E-state index is 0.278. The third kappa shape index (κ3) is 3.49. The van der Waals surface area contributed by atoms with Gasteiger partial charge in [-0.25, -0.2) is 0 Å². The Kier molecular flexibility index (Phi) is 4.07. The molecule has 0 amide bonds. The molecule has 0 bridgehead atoms. The van der Waals surface area contributed by atoms with Crippen LogP contribution >= 0.6 is 15.9 Å². The average molecular weight is 259 g/mol. The topological polar surface area (TPSA) is 0 Å². The van der Waals surface area contributed by atoms with Gasteiger partial charge in [-0.2, -0.15) is 13.2 Å². The van der Waals surface area contributed by atoms with E-state index < -0.39 is 12.1 Å². The van der Waals surface area contributed by atoms with E-state index in [2.05, 4.69) is 15.9 Å². The zero-order valence-corrected chi connectivity index (χ0v) is 9.00. The van der Waals surface area contributed by atoms with Crippen molar-refractivity contribution < 1.29 is 13.2 Å². The summed E-state index contributed by atoms with van der Waals surface area (Å²) < 4.78 is 37.0. The lowest BCUT2D eigenvalue weighted by Gasteiger charge is -2.30. The van der Waals surface area contributed by atoms with Crippen molar-refractivity contribution in [2.75, 3.05) is 5.33 Å². The molecule has 0 aromatic heterocycles. The van der Waals surface area contributed by atoms with Gasteiger partial charge in [-0.05, 0) is 25.2 Å². The Hall–Kier alpha value is 0.270. The molecule has 0 saturated heterocycles. The molecule has 1 fully saturated rings. The standard InChI is InChI=1S/C9H14BrF3/c10-5-4-7-2-1-3-8(6-7)9(11,12)13/h7-8H,1-6H2. The van der Waals surface area contributed by atoms with Crippen molar-refractivity contribution in [1.29, 1.82) is 0 Å². The van der Waals surface area contributed by atoms with Crippen LogP contribution in [-0.4, -0.2) is 11.5 Å². The van der Waals surface area contributed by atoms with Gasteiger partial charge in [0.15, 0.2) is 0 Å². The van der Waals surface area contributed by atoms with E-state index in [0.29, 0.717) is 12.8 Å². The molecule has 1 aliphatic rings. The van der Waals surface area contributed by atoms with Crippen molar-refractivity contribution in [2.24, 2.45) is 11.8 Å². The predicted octanol–water partition coefficient (Wildman–Crippen LogP) is 4.14. The number of alkyl halides is 4. The Balaban J connectivity index is 2.42. The maximum absolute atomic E-state index is 12.3. The fourth-order valence-corrected chi connectivity index (χ4v) is 2.65. The Morgan fingerprint density at radius 1 is 1.23 bits per heavy atom. The Labute approximate surface area is 85.0 Å². The van der Waals surface area contributed by atoms with E-state index >= 15 is 0 Å². The van der Waals surface area contributed by atoms with E-state index in [0.717, 1.165) is 24.6 Å². The van der Waals surface area contributed by atoms with Gasteiger partial charge >= 0.3 is 6.18 Å². The molecular weight excluding hydrogens is 245 g/mol. The summed E-state index contributed by atoms with van der Waals surface area (Å²) in [5.74, 6) is -0.759. The zero-order valence-electron chi connectivity index (χ0n) is 7.41. The molecule has 1 aliphatic carbocycles. The van der Waals surface area contributed by atoms with E-state index in [1.54, 1.807) is 0 Å². The van der Waals surface area contributed by atoms with E-state index in [-0.39, 0.29) is 5.92 Å². The molecule has 0 spiro atoms. The quantitative estimate of drug-likeness (QED) is 0.654. The van der Waals surface area contributed by atoms with Gasteiger partial charge in [0, 0.05) is 5.33 Å². The second kappa shape index (κ2) is 4.67. The SMILES string of the molecule is FC(F)(F)C1CCCC(CCBr)C1. The number of hydrogen-bond acceptors (Lipinski definition) is 0. The van der Waals surface area contributed by atoms with Crippen LogP contribution < -0.4 is 0 Å². The fraction of sp³-hybridized carbons (Fsp3) is 1.00. The Morgan fingerprint density at radius 3 is 2.46 bits per heavy atom. The van der Waals surface area contributed by atoms with Gasteiger partial charge in [0.25, 0.3) is 0 Å². The molecular formula is C9H14BrF3. The van der Waals surface area contributed by atoms with Crippen molar-refractivity contribution in [3.05, 3.63) is 0 Å². The van der Waals surface area contributed by atoms with Crippen molar-refractivity contribution in [1.82, 2.24) is 0 Å². The molecule has 0 radical (unpaired) electrons. The summed E-state index contributed by atoms with van der Waals surface area (Å²) in [5, 5.41) is 0.822. The van der Waals surface area contributed by atoms with Crippen molar-refractivity contribution in [2.45, 2.75) is 38.3 Å². The summed E-state index contributed by atoms with van der Waals surface area (Å²) in [7, 11) is 0. The molecule has 2 unspecified atom stereocenters. The van der Waals surface area contributed by atoms with Crippen LogP contribution in [0.5, 0.6) is 0 Å². The summed E-state index contributed by atoms with van der Waals surface area (Å²) in [6, 6.07) is 0. The molecule has 0 aromatic rings. The van der Waals surface area contributed by atoms with Gasteiger partial charge in [-0.3, -0.25) is 0 Å². The summed E-state index contributed by atoms with van der Waals surface area (Å²) in [6.45, 7) is 0. The van der Waals surface area contributed by atoms with Crippen LogP contribution in [0.25, 0.3) is 0 Å². The summed E-state index contributed by atoms with van der Waals surface area (Å²) >= 11 is 3.27. The predicted molar refractivity (Wildman–Crippen MR) is 49.9 cm³/mol. The van der Waals surface area contributed by atoms with E-state index in [1.807, 2.05) is 0 Å². The van der Waals surface area contributed by atoms with Gasteiger partial charge in [-0.15, -0.1) is 0 Å². The summed E-state index contributed by atoms with van der Waals surface area (Å²) in [6.07, 6.45) is -0.699. The molecule has 0 heterocycles. The summed E-state index contributed by atoms with van der Waals surface area (Å²) in [5.41, 5.74) is 0. The van der Waals surface area contributed by atoms with E-state index in [1.165, 1.54) is 0 Å². The van der Waals surface area contributed by atoms with Crippen LogP contribution in [0.4, 0.5) is 13.2 Å². The highest BCUT2D eigenvalue weighted by Gasteiger charge is 2.41. The number of halogens is 4. The van der Waals surface area contributed by atoms with Crippen LogP contribution in [0.2, 0.25) is 0 Å². The first kappa shape index (κ1) is 11.3. The minimum Gasteiger partial charge on any atom is -0.171 e. The third-order valence-electron chi connectivity index (χ3n) is 2.76. The second-order valence-corrected chi connectivity index (χ2v) is 4.54. The molecule has 1 saturated carbocycles. The third-order valence-corrected chi connectivity index (χ3v) is 3.22. The maximum Gasteiger partial charge on any atom is 0.391 e. The summed E-state index contributed by atoms with van der Waals surface area (Å²) in [4.78, 5) is 0. The first-order valence-electron chi connectivity index (χ1n) is 4.66. The lowest BCUT2D eigenvalue weighted by Crippen LogP contribution is -2.28. The molecule has 2 atom stereocenters. The molecule has 0 nitrogen and oxygen atoms in total. The zero-order chi connectivity index (χ0) is 9.90. The average Bonchev–Trinajstić information content (AvgIpc) is 2.04. The van der Waals surface area contributed by atoms with Crippen molar-refractivity contribution in [3.8, 4) is 0 Å². The highest BCUT2D eigenvalue weighted by Crippen LogP contribution is 2.40. The second-order valence-electron chi connectivity index (χ2n) is 3.75. The highest BCUT2D eigenvalue weighted by atomic mass is 79.9. The number of rotatable bonds is 2. The van der Waals surface area contributed by atoms with Gasteiger partial charge in [-0.1, -0.05) is 28.8 Å². The van der Waals surface area contributed by atoms with Crippen LogP contribution in [0.1, 0.15) is 32.1 Å². The minimum atomic E-state index is -3.97. The normalized spacial score (nSPS) is 30.5. The molecule has 0 aliphatic heterocycles. The van der Waals surface area contributed by atoms with Gasteiger partial charge < -0.3 is 0 Å².